The van der Waals surface area contributed by atoms with E-state index in [-0.39, 0.29) is 12.2 Å². The lowest BCUT2D eigenvalue weighted by Crippen LogP contribution is -2.48. The van der Waals surface area contributed by atoms with E-state index in [2.05, 4.69) is 6.92 Å². The minimum absolute atomic E-state index is 0.237. The molecule has 1 aliphatic heterocycles. The van der Waals surface area contributed by atoms with Crippen LogP contribution >= 0.6 is 0 Å². The quantitative estimate of drug-likeness (QED) is 0.622. The van der Waals surface area contributed by atoms with E-state index in [1.165, 1.54) is 0 Å². The number of rotatable bonds is 0. The van der Waals surface area contributed by atoms with E-state index in [1.54, 1.807) is 0 Å². The molecule has 0 aromatic heterocycles. The Hall–Kier alpha value is -0.120. The van der Waals surface area contributed by atoms with Crippen LogP contribution in [0.25, 0.3) is 0 Å². The van der Waals surface area contributed by atoms with Crippen molar-refractivity contribution in [3.8, 4) is 0 Å². The van der Waals surface area contributed by atoms with Gasteiger partial charge in [-0.3, -0.25) is 0 Å². The summed E-state index contributed by atoms with van der Waals surface area (Å²) in [6.07, 6.45) is 4.50. The second-order valence-corrected chi connectivity index (χ2v) is 4.23. The maximum Gasteiger partial charge on any atom is 0.171 e. The van der Waals surface area contributed by atoms with Crippen LogP contribution in [-0.4, -0.2) is 29.7 Å². The molecule has 1 spiro atoms. The number of ether oxygens (including phenoxy) is 2. The molecule has 2 aliphatic rings. The lowest BCUT2D eigenvalue weighted by molar-refractivity contribution is -0.310. The summed E-state index contributed by atoms with van der Waals surface area (Å²) in [7, 11) is 0. The van der Waals surface area contributed by atoms with Gasteiger partial charge in [0.2, 0.25) is 0 Å². The van der Waals surface area contributed by atoms with Gasteiger partial charge in [-0.05, 0) is 26.2 Å². The van der Waals surface area contributed by atoms with E-state index in [0.29, 0.717) is 6.42 Å². The van der Waals surface area contributed by atoms with Crippen LogP contribution in [0.2, 0.25) is 0 Å². The maximum absolute atomic E-state index is 9.55. The molecule has 3 atom stereocenters. The molecule has 0 aromatic carbocycles. The van der Waals surface area contributed by atoms with Crippen LogP contribution in [0, 0.1) is 0 Å². The van der Waals surface area contributed by atoms with E-state index < -0.39 is 5.79 Å². The summed E-state index contributed by atoms with van der Waals surface area (Å²) in [6, 6.07) is 0. The van der Waals surface area contributed by atoms with Crippen molar-refractivity contribution < 1.29 is 14.6 Å². The van der Waals surface area contributed by atoms with Gasteiger partial charge in [0.15, 0.2) is 5.79 Å². The molecule has 1 saturated carbocycles. The molecule has 2 rings (SSSR count). The van der Waals surface area contributed by atoms with Gasteiger partial charge in [0.25, 0.3) is 0 Å². The van der Waals surface area contributed by atoms with Gasteiger partial charge in [-0.15, -0.1) is 0 Å². The first-order valence-corrected chi connectivity index (χ1v) is 5.20. The smallest absolute Gasteiger partial charge is 0.171 e. The molecule has 1 heterocycles. The Labute approximate surface area is 79.0 Å². The Morgan fingerprint density at radius 3 is 2.92 bits per heavy atom. The summed E-state index contributed by atoms with van der Waals surface area (Å²) >= 11 is 0. The largest absolute Gasteiger partial charge is 0.393 e. The van der Waals surface area contributed by atoms with E-state index in [4.69, 9.17) is 9.47 Å². The van der Waals surface area contributed by atoms with Gasteiger partial charge in [-0.2, -0.15) is 0 Å². The zero-order valence-electron chi connectivity index (χ0n) is 8.16. The summed E-state index contributed by atoms with van der Waals surface area (Å²) in [5, 5.41) is 9.55. The Balaban J connectivity index is 2.00. The number of aliphatic hydroxyl groups excluding tert-OH is 1. The Morgan fingerprint density at radius 2 is 2.23 bits per heavy atom. The van der Waals surface area contributed by atoms with Crippen LogP contribution in [0.1, 0.15) is 39.0 Å². The van der Waals surface area contributed by atoms with Gasteiger partial charge in [-0.1, -0.05) is 0 Å². The van der Waals surface area contributed by atoms with Gasteiger partial charge < -0.3 is 14.6 Å². The zero-order valence-corrected chi connectivity index (χ0v) is 8.16. The minimum atomic E-state index is -0.449. The van der Waals surface area contributed by atoms with Crippen molar-refractivity contribution in [2.24, 2.45) is 0 Å². The highest BCUT2D eigenvalue weighted by Gasteiger charge is 2.41. The highest BCUT2D eigenvalue weighted by molar-refractivity contribution is 4.83. The van der Waals surface area contributed by atoms with E-state index in [0.717, 1.165) is 32.3 Å². The highest BCUT2D eigenvalue weighted by Crippen LogP contribution is 2.36. The SMILES string of the molecule is CC1CCOC2(CCCC(O)C2)O1. The van der Waals surface area contributed by atoms with Gasteiger partial charge in [0.1, 0.15) is 0 Å². The second kappa shape index (κ2) is 3.56. The molecule has 1 N–H and O–H groups in total. The van der Waals surface area contributed by atoms with Crippen molar-refractivity contribution in [2.75, 3.05) is 6.61 Å². The number of hydrogen-bond donors (Lipinski definition) is 1. The van der Waals surface area contributed by atoms with E-state index in [1.807, 2.05) is 0 Å². The molecule has 2 fully saturated rings. The van der Waals surface area contributed by atoms with Crippen LogP contribution in [0.4, 0.5) is 0 Å². The van der Waals surface area contributed by atoms with Crippen molar-refractivity contribution in [3.63, 3.8) is 0 Å². The Bertz CT molecular complexity index is 161. The first-order valence-electron chi connectivity index (χ1n) is 5.20. The highest BCUT2D eigenvalue weighted by atomic mass is 16.7. The van der Waals surface area contributed by atoms with Crippen LogP contribution in [0.5, 0.6) is 0 Å². The average molecular weight is 186 g/mol. The molecule has 13 heavy (non-hydrogen) atoms. The monoisotopic (exact) mass is 186 g/mol. The molecule has 0 bridgehead atoms. The first-order chi connectivity index (χ1) is 6.20. The van der Waals surface area contributed by atoms with Crippen LogP contribution < -0.4 is 0 Å². The van der Waals surface area contributed by atoms with E-state index in [9.17, 15) is 5.11 Å². The molecule has 0 radical (unpaired) electrons. The maximum atomic E-state index is 9.55. The second-order valence-electron chi connectivity index (χ2n) is 4.23. The first kappa shape index (κ1) is 9.44. The lowest BCUT2D eigenvalue weighted by Gasteiger charge is -2.43. The van der Waals surface area contributed by atoms with Crippen LogP contribution in [0.15, 0.2) is 0 Å². The summed E-state index contributed by atoms with van der Waals surface area (Å²) < 4.78 is 11.5. The fourth-order valence-corrected chi connectivity index (χ4v) is 2.28. The minimum Gasteiger partial charge on any atom is -0.393 e. The molecule has 3 unspecified atom stereocenters. The summed E-state index contributed by atoms with van der Waals surface area (Å²) in [5.74, 6) is -0.449. The fourth-order valence-electron chi connectivity index (χ4n) is 2.28. The van der Waals surface area contributed by atoms with Gasteiger partial charge in [0, 0.05) is 12.8 Å². The van der Waals surface area contributed by atoms with Gasteiger partial charge in [-0.25, -0.2) is 0 Å². The number of hydrogen-bond acceptors (Lipinski definition) is 3. The predicted octanol–water partition coefficient (Wildman–Crippen LogP) is 1.44. The van der Waals surface area contributed by atoms with Crippen molar-refractivity contribution in [1.29, 1.82) is 0 Å². The zero-order chi connectivity index (χ0) is 9.31. The fraction of sp³-hybridized carbons (Fsp3) is 1.00. The molecule has 1 saturated heterocycles. The van der Waals surface area contributed by atoms with Crippen LogP contribution in [-0.2, 0) is 9.47 Å². The van der Waals surface area contributed by atoms with Crippen molar-refractivity contribution in [2.45, 2.75) is 57.0 Å². The molecule has 0 amide bonds. The predicted molar refractivity (Wildman–Crippen MR) is 48.3 cm³/mol. The molecular formula is C10H18O3. The molecule has 0 aromatic rings. The number of aliphatic hydroxyl groups is 1. The molecule has 3 nitrogen and oxygen atoms in total. The third kappa shape index (κ3) is 2.03. The standard InChI is InChI=1S/C10H18O3/c1-8-4-6-12-10(13-8)5-2-3-9(11)7-10/h8-9,11H,2-7H2,1H3. The van der Waals surface area contributed by atoms with Crippen molar-refractivity contribution >= 4 is 0 Å². The Kier molecular flexibility index (Phi) is 2.58. The normalized spacial score (nSPS) is 46.6. The summed E-state index contributed by atoms with van der Waals surface area (Å²) in [5.41, 5.74) is 0. The topological polar surface area (TPSA) is 38.7 Å². The van der Waals surface area contributed by atoms with Gasteiger partial charge in [0.05, 0.1) is 18.8 Å². The summed E-state index contributed by atoms with van der Waals surface area (Å²) in [6.45, 7) is 2.85. The molecule has 3 heteroatoms. The third-order valence-electron chi connectivity index (χ3n) is 2.95. The molecule has 1 aliphatic carbocycles. The van der Waals surface area contributed by atoms with Crippen LogP contribution in [0.3, 0.4) is 0 Å². The van der Waals surface area contributed by atoms with Crippen molar-refractivity contribution in [3.05, 3.63) is 0 Å². The third-order valence-corrected chi connectivity index (χ3v) is 2.95. The summed E-state index contributed by atoms with van der Waals surface area (Å²) in [4.78, 5) is 0. The Morgan fingerprint density at radius 1 is 1.38 bits per heavy atom. The van der Waals surface area contributed by atoms with E-state index >= 15 is 0 Å². The van der Waals surface area contributed by atoms with Crippen molar-refractivity contribution in [1.82, 2.24) is 0 Å². The average Bonchev–Trinajstić information content (AvgIpc) is 2.02. The molecule has 76 valence electrons. The molecular weight excluding hydrogens is 168 g/mol. The lowest BCUT2D eigenvalue weighted by atomic mass is 9.91. The van der Waals surface area contributed by atoms with Gasteiger partial charge >= 0.3 is 0 Å².